The van der Waals surface area contributed by atoms with Crippen molar-refractivity contribution in [2.45, 2.75) is 58.9 Å². The van der Waals surface area contributed by atoms with E-state index in [1.807, 2.05) is 6.92 Å². The number of aliphatic carboxylic acids is 1. The molecular weight excluding hydrogens is 244 g/mol. The fourth-order valence-electron chi connectivity index (χ4n) is 2.72. The number of hydrogen-bond acceptors (Lipinski definition) is 2. The third-order valence-electron chi connectivity index (χ3n) is 3.80. The van der Waals surface area contributed by atoms with Gasteiger partial charge in [0.1, 0.15) is 0 Å². The molecule has 1 aliphatic carbocycles. The molecule has 1 fully saturated rings. The zero-order valence-corrected chi connectivity index (χ0v) is 12.2. The van der Waals surface area contributed by atoms with E-state index in [4.69, 9.17) is 5.11 Å². The summed E-state index contributed by atoms with van der Waals surface area (Å²) in [6.45, 7) is 7.13. The maximum absolute atomic E-state index is 12.1. The van der Waals surface area contributed by atoms with E-state index in [1.54, 1.807) is 4.90 Å². The molecule has 0 radical (unpaired) electrons. The van der Waals surface area contributed by atoms with E-state index in [1.165, 1.54) is 6.42 Å². The van der Waals surface area contributed by atoms with Crippen molar-refractivity contribution in [1.29, 1.82) is 0 Å². The molecule has 1 unspecified atom stereocenters. The van der Waals surface area contributed by atoms with E-state index in [0.29, 0.717) is 6.54 Å². The standard InChI is InChI=1S/C14H26N2O3/c1-4-16(9-7-12(17)18)13(19)15-11-6-5-8-14(2,3)10-11/h11H,4-10H2,1-3H3,(H,15,19)(H,17,18). The number of nitrogens with one attached hydrogen (secondary N) is 1. The Hall–Kier alpha value is -1.26. The third kappa shape index (κ3) is 5.49. The number of rotatable bonds is 5. The van der Waals surface area contributed by atoms with Gasteiger partial charge in [-0.2, -0.15) is 0 Å². The number of amides is 2. The SMILES string of the molecule is CCN(CCC(=O)O)C(=O)NC1CCCC(C)(C)C1. The van der Waals surface area contributed by atoms with Crippen LogP contribution >= 0.6 is 0 Å². The number of carboxylic acids is 1. The van der Waals surface area contributed by atoms with Crippen LogP contribution in [0.1, 0.15) is 52.9 Å². The predicted molar refractivity (Wildman–Crippen MR) is 74.1 cm³/mol. The molecule has 0 heterocycles. The highest BCUT2D eigenvalue weighted by molar-refractivity contribution is 5.75. The summed E-state index contributed by atoms with van der Waals surface area (Å²) in [5.41, 5.74) is 0.286. The Morgan fingerprint density at radius 2 is 2.11 bits per heavy atom. The lowest BCUT2D eigenvalue weighted by molar-refractivity contribution is -0.137. The van der Waals surface area contributed by atoms with Crippen LogP contribution in [-0.2, 0) is 4.79 Å². The zero-order chi connectivity index (χ0) is 14.5. The predicted octanol–water partition coefficient (Wildman–Crippen LogP) is 2.46. The van der Waals surface area contributed by atoms with Crippen molar-refractivity contribution < 1.29 is 14.7 Å². The molecule has 1 atom stereocenters. The van der Waals surface area contributed by atoms with Gasteiger partial charge in [-0.3, -0.25) is 4.79 Å². The number of carbonyl (C=O) groups excluding carboxylic acids is 1. The molecule has 1 rings (SSSR count). The maximum atomic E-state index is 12.1. The normalized spacial score (nSPS) is 21.7. The Balaban J connectivity index is 2.45. The first-order chi connectivity index (χ1) is 8.84. The molecule has 0 saturated heterocycles. The highest BCUT2D eigenvalue weighted by Gasteiger charge is 2.29. The highest BCUT2D eigenvalue weighted by Crippen LogP contribution is 2.35. The van der Waals surface area contributed by atoms with Gasteiger partial charge in [0.2, 0.25) is 0 Å². The number of urea groups is 1. The summed E-state index contributed by atoms with van der Waals surface area (Å²) >= 11 is 0. The lowest BCUT2D eigenvalue weighted by atomic mass is 9.75. The quantitative estimate of drug-likeness (QED) is 0.806. The van der Waals surface area contributed by atoms with Gasteiger partial charge in [0, 0.05) is 19.1 Å². The van der Waals surface area contributed by atoms with Crippen molar-refractivity contribution >= 4 is 12.0 Å². The van der Waals surface area contributed by atoms with Gasteiger partial charge in [-0.05, 0) is 31.6 Å². The second kappa shape index (κ2) is 6.78. The Bertz CT molecular complexity index is 329. The molecule has 1 saturated carbocycles. The molecule has 0 aliphatic heterocycles. The van der Waals surface area contributed by atoms with E-state index < -0.39 is 5.97 Å². The molecule has 0 aromatic heterocycles. The Morgan fingerprint density at radius 1 is 1.42 bits per heavy atom. The van der Waals surface area contributed by atoms with Crippen LogP contribution < -0.4 is 5.32 Å². The fraction of sp³-hybridized carbons (Fsp3) is 0.857. The molecule has 5 nitrogen and oxygen atoms in total. The molecular formula is C14H26N2O3. The van der Waals surface area contributed by atoms with Crippen molar-refractivity contribution in [2.24, 2.45) is 5.41 Å². The molecule has 110 valence electrons. The van der Waals surface area contributed by atoms with Gasteiger partial charge in [0.25, 0.3) is 0 Å². The molecule has 0 aromatic rings. The van der Waals surface area contributed by atoms with Gasteiger partial charge in [-0.15, -0.1) is 0 Å². The maximum Gasteiger partial charge on any atom is 0.317 e. The summed E-state index contributed by atoms with van der Waals surface area (Å²) in [5, 5.41) is 11.7. The average molecular weight is 270 g/mol. The minimum absolute atomic E-state index is 0.00256. The van der Waals surface area contributed by atoms with Crippen LogP contribution in [0.5, 0.6) is 0 Å². The Labute approximate surface area is 115 Å². The van der Waals surface area contributed by atoms with Crippen molar-refractivity contribution in [1.82, 2.24) is 10.2 Å². The average Bonchev–Trinajstić information content (AvgIpc) is 2.27. The first kappa shape index (κ1) is 15.8. The molecule has 19 heavy (non-hydrogen) atoms. The lowest BCUT2D eigenvalue weighted by Gasteiger charge is -2.36. The van der Waals surface area contributed by atoms with E-state index in [-0.39, 0.29) is 30.5 Å². The summed E-state index contributed by atoms with van der Waals surface area (Å²) in [6, 6.07) is 0.0848. The molecule has 2 N–H and O–H groups in total. The molecule has 0 bridgehead atoms. The second-order valence-electron chi connectivity index (χ2n) is 6.13. The first-order valence-electron chi connectivity index (χ1n) is 7.11. The van der Waals surface area contributed by atoms with Gasteiger partial charge in [0.15, 0.2) is 0 Å². The molecule has 5 heteroatoms. The van der Waals surface area contributed by atoms with E-state index in [0.717, 1.165) is 19.3 Å². The zero-order valence-electron chi connectivity index (χ0n) is 12.2. The van der Waals surface area contributed by atoms with Crippen molar-refractivity contribution in [3.05, 3.63) is 0 Å². The third-order valence-corrected chi connectivity index (χ3v) is 3.80. The minimum Gasteiger partial charge on any atom is -0.481 e. The smallest absolute Gasteiger partial charge is 0.317 e. The molecule has 0 spiro atoms. The number of hydrogen-bond donors (Lipinski definition) is 2. The first-order valence-corrected chi connectivity index (χ1v) is 7.11. The molecule has 0 aromatic carbocycles. The highest BCUT2D eigenvalue weighted by atomic mass is 16.4. The van der Waals surface area contributed by atoms with E-state index >= 15 is 0 Å². The number of nitrogens with zero attached hydrogens (tertiary/aromatic N) is 1. The van der Waals surface area contributed by atoms with Gasteiger partial charge >= 0.3 is 12.0 Å². The van der Waals surface area contributed by atoms with Crippen LogP contribution in [-0.4, -0.2) is 41.1 Å². The Morgan fingerprint density at radius 3 is 2.63 bits per heavy atom. The van der Waals surface area contributed by atoms with Gasteiger partial charge in [-0.1, -0.05) is 20.3 Å². The largest absolute Gasteiger partial charge is 0.481 e. The van der Waals surface area contributed by atoms with Crippen molar-refractivity contribution in [3.8, 4) is 0 Å². The van der Waals surface area contributed by atoms with Crippen LogP contribution in [0.2, 0.25) is 0 Å². The van der Waals surface area contributed by atoms with Gasteiger partial charge < -0.3 is 15.3 Å². The summed E-state index contributed by atoms with van der Waals surface area (Å²) < 4.78 is 0. The van der Waals surface area contributed by atoms with Crippen LogP contribution in [0, 0.1) is 5.41 Å². The lowest BCUT2D eigenvalue weighted by Crippen LogP contribution is -2.47. The summed E-state index contributed by atoms with van der Waals surface area (Å²) in [6.07, 6.45) is 4.35. The van der Waals surface area contributed by atoms with Crippen molar-refractivity contribution in [2.75, 3.05) is 13.1 Å². The molecule has 1 aliphatic rings. The van der Waals surface area contributed by atoms with Gasteiger partial charge in [-0.25, -0.2) is 4.79 Å². The Kier molecular flexibility index (Phi) is 5.63. The number of carboxylic acid groups (broad SMARTS) is 1. The van der Waals surface area contributed by atoms with Crippen LogP contribution in [0.4, 0.5) is 4.79 Å². The molecule has 2 amide bonds. The minimum atomic E-state index is -0.870. The van der Waals surface area contributed by atoms with E-state index in [2.05, 4.69) is 19.2 Å². The topological polar surface area (TPSA) is 69.6 Å². The van der Waals surface area contributed by atoms with Gasteiger partial charge in [0.05, 0.1) is 6.42 Å². The van der Waals surface area contributed by atoms with E-state index in [9.17, 15) is 9.59 Å². The summed E-state index contributed by atoms with van der Waals surface area (Å²) in [4.78, 5) is 24.2. The summed E-state index contributed by atoms with van der Waals surface area (Å²) in [7, 11) is 0. The van der Waals surface area contributed by atoms with Crippen LogP contribution in [0.3, 0.4) is 0 Å². The summed E-state index contributed by atoms with van der Waals surface area (Å²) in [5.74, 6) is -0.870. The monoisotopic (exact) mass is 270 g/mol. The van der Waals surface area contributed by atoms with Crippen LogP contribution in [0.15, 0.2) is 0 Å². The number of carbonyl (C=O) groups is 2. The fourth-order valence-corrected chi connectivity index (χ4v) is 2.72. The van der Waals surface area contributed by atoms with Crippen LogP contribution in [0.25, 0.3) is 0 Å². The second-order valence-corrected chi connectivity index (χ2v) is 6.13. The van der Waals surface area contributed by atoms with Crippen molar-refractivity contribution in [3.63, 3.8) is 0 Å².